The van der Waals surface area contributed by atoms with Crippen LogP contribution in [0.1, 0.15) is 20.8 Å². The molecule has 1 amide bonds. The molecule has 92 valence electrons. The molecule has 1 rings (SSSR count). The van der Waals surface area contributed by atoms with E-state index in [1.165, 1.54) is 6.92 Å². The van der Waals surface area contributed by atoms with E-state index >= 15 is 0 Å². The Balaban J connectivity index is 2.64. The van der Waals surface area contributed by atoms with Crippen molar-refractivity contribution in [2.75, 3.05) is 18.4 Å². The maximum atomic E-state index is 10.8. The van der Waals surface area contributed by atoms with Crippen LogP contribution in [0.2, 0.25) is 0 Å². The van der Waals surface area contributed by atoms with Gasteiger partial charge in [0, 0.05) is 25.7 Å². The number of rotatable bonds is 5. The van der Waals surface area contributed by atoms with Crippen LogP contribution in [0.15, 0.2) is 34.6 Å². The van der Waals surface area contributed by atoms with Crippen molar-refractivity contribution in [3.8, 4) is 0 Å². The second kappa shape index (κ2) is 6.62. The molecule has 5 nitrogen and oxygen atoms in total. The molecule has 0 atom stereocenters. The van der Waals surface area contributed by atoms with Crippen molar-refractivity contribution < 1.29 is 4.79 Å². The third kappa shape index (κ3) is 4.63. The van der Waals surface area contributed by atoms with Crippen molar-refractivity contribution in [1.29, 1.82) is 0 Å². The molecule has 0 saturated heterocycles. The molecule has 17 heavy (non-hydrogen) atoms. The van der Waals surface area contributed by atoms with E-state index < -0.39 is 0 Å². The third-order valence-corrected chi connectivity index (χ3v) is 2.20. The predicted octanol–water partition coefficient (Wildman–Crippen LogP) is 2.99. The standard InChI is InChI=1S/C12H18N4O/c1-4-16(5-2)15-14-12-8-6-11(7-9-12)13-10(3)17/h6-9H,4-5H2,1-3H3,(H,13,17). The van der Waals surface area contributed by atoms with Crippen LogP contribution in [-0.4, -0.2) is 24.0 Å². The van der Waals surface area contributed by atoms with Gasteiger partial charge in [-0.3, -0.25) is 9.80 Å². The number of anilines is 1. The summed E-state index contributed by atoms with van der Waals surface area (Å²) in [5, 5.41) is 12.8. The second-order valence-electron chi connectivity index (χ2n) is 3.56. The lowest BCUT2D eigenvalue weighted by Crippen LogP contribution is -2.14. The van der Waals surface area contributed by atoms with Gasteiger partial charge in [-0.05, 0) is 38.1 Å². The predicted molar refractivity (Wildman–Crippen MR) is 68.2 cm³/mol. The van der Waals surface area contributed by atoms with Crippen LogP contribution in [0, 0.1) is 0 Å². The number of carbonyl (C=O) groups excluding carboxylic acids is 1. The summed E-state index contributed by atoms with van der Waals surface area (Å²) in [6.07, 6.45) is 0. The number of amides is 1. The van der Waals surface area contributed by atoms with E-state index in [-0.39, 0.29) is 5.91 Å². The minimum atomic E-state index is -0.0810. The zero-order valence-electron chi connectivity index (χ0n) is 10.5. The van der Waals surface area contributed by atoms with E-state index in [1.807, 2.05) is 31.0 Å². The Bertz CT molecular complexity index is 382. The Hall–Kier alpha value is -1.91. The summed E-state index contributed by atoms with van der Waals surface area (Å²) in [7, 11) is 0. The Morgan fingerprint density at radius 2 is 1.82 bits per heavy atom. The number of benzene rings is 1. The van der Waals surface area contributed by atoms with Gasteiger partial charge in [0.15, 0.2) is 0 Å². The first-order valence-corrected chi connectivity index (χ1v) is 5.70. The lowest BCUT2D eigenvalue weighted by atomic mass is 10.3. The Morgan fingerprint density at radius 3 is 2.29 bits per heavy atom. The van der Waals surface area contributed by atoms with E-state index in [1.54, 1.807) is 12.1 Å². The van der Waals surface area contributed by atoms with Gasteiger partial charge in [-0.15, -0.1) is 5.11 Å². The number of hydrogen-bond donors (Lipinski definition) is 1. The van der Waals surface area contributed by atoms with Gasteiger partial charge < -0.3 is 5.32 Å². The van der Waals surface area contributed by atoms with Crippen molar-refractivity contribution >= 4 is 17.3 Å². The summed E-state index contributed by atoms with van der Waals surface area (Å²) in [6.45, 7) is 7.22. The molecule has 0 unspecified atom stereocenters. The minimum Gasteiger partial charge on any atom is -0.326 e. The highest BCUT2D eigenvalue weighted by Crippen LogP contribution is 2.16. The zero-order valence-corrected chi connectivity index (χ0v) is 10.5. The molecule has 0 aliphatic rings. The van der Waals surface area contributed by atoms with Crippen LogP contribution in [0.25, 0.3) is 0 Å². The average Bonchev–Trinajstić information content (AvgIpc) is 2.32. The minimum absolute atomic E-state index is 0.0810. The maximum Gasteiger partial charge on any atom is 0.221 e. The van der Waals surface area contributed by atoms with Gasteiger partial charge in [0.05, 0.1) is 5.69 Å². The Kier molecular flexibility index (Phi) is 5.13. The number of nitrogens with one attached hydrogen (secondary N) is 1. The molecule has 5 heteroatoms. The van der Waals surface area contributed by atoms with E-state index in [4.69, 9.17) is 0 Å². The van der Waals surface area contributed by atoms with Gasteiger partial charge in [-0.1, -0.05) is 5.22 Å². The van der Waals surface area contributed by atoms with Crippen LogP contribution in [0.3, 0.4) is 0 Å². The lowest BCUT2D eigenvalue weighted by molar-refractivity contribution is -0.114. The molecule has 0 bridgehead atoms. The average molecular weight is 234 g/mol. The van der Waals surface area contributed by atoms with Gasteiger partial charge in [0.2, 0.25) is 5.91 Å². The fourth-order valence-electron chi connectivity index (χ4n) is 1.28. The summed E-state index contributed by atoms with van der Waals surface area (Å²) in [6, 6.07) is 7.24. The highest BCUT2D eigenvalue weighted by atomic mass is 16.1. The highest BCUT2D eigenvalue weighted by molar-refractivity contribution is 5.88. The molecule has 0 radical (unpaired) electrons. The van der Waals surface area contributed by atoms with Crippen LogP contribution in [-0.2, 0) is 4.79 Å². The molecule has 0 aliphatic heterocycles. The second-order valence-corrected chi connectivity index (χ2v) is 3.56. The van der Waals surface area contributed by atoms with E-state index in [0.29, 0.717) is 0 Å². The molecular weight excluding hydrogens is 216 g/mol. The van der Waals surface area contributed by atoms with Crippen LogP contribution in [0.4, 0.5) is 11.4 Å². The summed E-state index contributed by atoms with van der Waals surface area (Å²) in [4.78, 5) is 10.8. The van der Waals surface area contributed by atoms with Crippen LogP contribution in [0.5, 0.6) is 0 Å². The fourth-order valence-corrected chi connectivity index (χ4v) is 1.28. The van der Waals surface area contributed by atoms with Gasteiger partial charge in [0.25, 0.3) is 0 Å². The highest BCUT2D eigenvalue weighted by Gasteiger charge is 1.96. The lowest BCUT2D eigenvalue weighted by Gasteiger charge is -2.11. The van der Waals surface area contributed by atoms with Crippen molar-refractivity contribution in [1.82, 2.24) is 5.01 Å². The van der Waals surface area contributed by atoms with Crippen molar-refractivity contribution in [3.05, 3.63) is 24.3 Å². The molecule has 0 saturated carbocycles. The Morgan fingerprint density at radius 1 is 1.24 bits per heavy atom. The SMILES string of the molecule is CCN(CC)N=Nc1ccc(NC(C)=O)cc1. The molecule has 1 aromatic carbocycles. The summed E-state index contributed by atoms with van der Waals surface area (Å²) in [5.74, 6) is -0.0810. The summed E-state index contributed by atoms with van der Waals surface area (Å²) < 4.78 is 0. The first-order valence-electron chi connectivity index (χ1n) is 5.70. The van der Waals surface area contributed by atoms with Gasteiger partial charge in [-0.2, -0.15) is 0 Å². The summed E-state index contributed by atoms with van der Waals surface area (Å²) >= 11 is 0. The molecule has 1 aromatic rings. The molecule has 0 heterocycles. The zero-order chi connectivity index (χ0) is 12.7. The fraction of sp³-hybridized carbons (Fsp3) is 0.417. The van der Waals surface area contributed by atoms with Gasteiger partial charge in [-0.25, -0.2) is 0 Å². The van der Waals surface area contributed by atoms with E-state index in [9.17, 15) is 4.79 Å². The molecule has 0 spiro atoms. The molecular formula is C12H18N4O. The third-order valence-electron chi connectivity index (χ3n) is 2.20. The topological polar surface area (TPSA) is 57.1 Å². The smallest absolute Gasteiger partial charge is 0.221 e. The maximum absolute atomic E-state index is 10.8. The number of nitrogens with zero attached hydrogens (tertiary/aromatic N) is 3. The molecule has 0 fully saturated rings. The first-order chi connectivity index (χ1) is 8.15. The van der Waals surface area contributed by atoms with Crippen molar-refractivity contribution in [2.45, 2.75) is 20.8 Å². The van der Waals surface area contributed by atoms with Crippen LogP contribution >= 0.6 is 0 Å². The van der Waals surface area contributed by atoms with E-state index in [0.717, 1.165) is 24.5 Å². The quantitative estimate of drug-likeness (QED) is 0.629. The monoisotopic (exact) mass is 234 g/mol. The van der Waals surface area contributed by atoms with Gasteiger partial charge >= 0.3 is 0 Å². The molecule has 1 N–H and O–H groups in total. The molecule has 0 aliphatic carbocycles. The number of hydrogen-bond acceptors (Lipinski definition) is 3. The molecule has 0 aromatic heterocycles. The number of carbonyl (C=O) groups is 1. The van der Waals surface area contributed by atoms with Crippen molar-refractivity contribution in [3.63, 3.8) is 0 Å². The largest absolute Gasteiger partial charge is 0.326 e. The Labute approximate surface area is 102 Å². The van der Waals surface area contributed by atoms with Crippen LogP contribution < -0.4 is 5.32 Å². The first kappa shape index (κ1) is 13.2. The summed E-state index contributed by atoms with van der Waals surface area (Å²) in [5.41, 5.74) is 1.53. The van der Waals surface area contributed by atoms with Crippen molar-refractivity contribution in [2.24, 2.45) is 10.3 Å². The normalized spacial score (nSPS) is 10.5. The van der Waals surface area contributed by atoms with E-state index in [2.05, 4.69) is 15.7 Å². The van der Waals surface area contributed by atoms with Gasteiger partial charge in [0.1, 0.15) is 0 Å².